The van der Waals surface area contributed by atoms with Gasteiger partial charge >= 0.3 is 12.1 Å². The van der Waals surface area contributed by atoms with Gasteiger partial charge in [0.15, 0.2) is 0 Å². The lowest BCUT2D eigenvalue weighted by Gasteiger charge is -2.38. The highest BCUT2D eigenvalue weighted by Crippen LogP contribution is 2.29. The predicted octanol–water partition coefficient (Wildman–Crippen LogP) is -0.342. The summed E-state index contributed by atoms with van der Waals surface area (Å²) in [5.74, 6) is -1.54. The number of nitrogens with zero attached hydrogens (tertiary/aromatic N) is 4. The molecule has 3 aliphatic heterocycles. The molecule has 4 atom stereocenters. The summed E-state index contributed by atoms with van der Waals surface area (Å²) in [7, 11) is 1.61. The van der Waals surface area contributed by atoms with Gasteiger partial charge in [0.1, 0.15) is 18.8 Å². The van der Waals surface area contributed by atoms with Crippen molar-refractivity contribution in [3.63, 3.8) is 0 Å². The summed E-state index contributed by atoms with van der Waals surface area (Å²) in [4.78, 5) is 82.7. The van der Waals surface area contributed by atoms with Crippen molar-refractivity contribution in [2.24, 2.45) is 5.73 Å². The lowest BCUT2D eigenvalue weighted by molar-refractivity contribution is -0.144. The molecule has 0 aliphatic carbocycles. The Morgan fingerprint density at radius 3 is 2.24 bits per heavy atom. The Balaban J connectivity index is 1.37. The molecule has 1 aromatic carbocycles. The Bertz CT molecular complexity index is 1290. The van der Waals surface area contributed by atoms with Crippen molar-refractivity contribution in [3.8, 4) is 0 Å². The molecule has 4 rings (SSSR count). The zero-order chi connectivity index (χ0) is 33.4. The molecular formula is C30H45N9O7. The second-order valence-corrected chi connectivity index (χ2v) is 11.9. The number of amides is 8. The SMILES string of the molecule is CN[C@@H](C)C(=O)N[C@H]1CN(C(=O)Nc2ccc(NC(=O)N(CO)CCC(=O)N3CCCC3)cc2)CC[C@H]2CC[C@@H](C(N)=O)N2C1=O. The molecule has 16 heteroatoms. The van der Waals surface area contributed by atoms with Crippen LogP contribution in [0.2, 0.25) is 0 Å². The average Bonchev–Trinajstić information content (AvgIpc) is 3.73. The first-order valence-electron chi connectivity index (χ1n) is 15.7. The summed E-state index contributed by atoms with van der Waals surface area (Å²) in [6.45, 7) is 2.74. The van der Waals surface area contributed by atoms with E-state index in [1.165, 1.54) is 9.80 Å². The molecule has 3 fully saturated rings. The Morgan fingerprint density at radius 1 is 0.978 bits per heavy atom. The number of hydrogen-bond donors (Lipinski definition) is 6. The Hall–Kier alpha value is -4.44. The predicted molar refractivity (Wildman–Crippen MR) is 168 cm³/mol. The molecule has 0 aromatic heterocycles. The van der Waals surface area contributed by atoms with Gasteiger partial charge in [0.2, 0.25) is 23.6 Å². The molecule has 252 valence electrons. The molecule has 3 aliphatic rings. The van der Waals surface area contributed by atoms with Gasteiger partial charge in [-0.1, -0.05) is 0 Å². The molecule has 46 heavy (non-hydrogen) atoms. The van der Waals surface area contributed by atoms with Gasteiger partial charge in [0.25, 0.3) is 0 Å². The lowest BCUT2D eigenvalue weighted by atomic mass is 10.1. The number of nitrogens with one attached hydrogen (secondary N) is 4. The Morgan fingerprint density at radius 2 is 1.63 bits per heavy atom. The van der Waals surface area contributed by atoms with Crippen LogP contribution in [0.3, 0.4) is 0 Å². The highest BCUT2D eigenvalue weighted by Gasteiger charge is 2.45. The molecule has 0 spiro atoms. The van der Waals surface area contributed by atoms with Crippen LogP contribution in [0.4, 0.5) is 21.0 Å². The number of fused-ring (bicyclic) bond motifs is 1. The molecular weight excluding hydrogens is 598 g/mol. The number of likely N-dealkylation sites (N-methyl/N-ethyl adjacent to an activating group) is 1. The Labute approximate surface area is 268 Å². The van der Waals surface area contributed by atoms with E-state index in [2.05, 4.69) is 21.3 Å². The van der Waals surface area contributed by atoms with Crippen LogP contribution in [-0.2, 0) is 19.2 Å². The summed E-state index contributed by atoms with van der Waals surface area (Å²) in [6, 6.07) is 2.53. The first-order valence-corrected chi connectivity index (χ1v) is 15.7. The van der Waals surface area contributed by atoms with E-state index in [-0.39, 0.29) is 38.0 Å². The van der Waals surface area contributed by atoms with Crippen LogP contribution in [0.5, 0.6) is 0 Å². The number of urea groups is 2. The van der Waals surface area contributed by atoms with E-state index in [0.29, 0.717) is 43.7 Å². The van der Waals surface area contributed by atoms with Crippen LogP contribution in [0.25, 0.3) is 0 Å². The monoisotopic (exact) mass is 643 g/mol. The summed E-state index contributed by atoms with van der Waals surface area (Å²) in [6.07, 6.45) is 3.46. The third-order valence-corrected chi connectivity index (χ3v) is 8.85. The van der Waals surface area contributed by atoms with Crippen LogP contribution >= 0.6 is 0 Å². The molecule has 0 radical (unpaired) electrons. The highest BCUT2D eigenvalue weighted by atomic mass is 16.3. The molecule has 7 N–H and O–H groups in total. The van der Waals surface area contributed by atoms with Gasteiger partial charge in [-0.15, -0.1) is 0 Å². The van der Waals surface area contributed by atoms with Crippen LogP contribution < -0.4 is 27.0 Å². The lowest BCUT2D eigenvalue weighted by Crippen LogP contribution is -2.62. The maximum absolute atomic E-state index is 13.6. The number of aliphatic hydroxyl groups is 1. The normalized spacial score (nSPS) is 21.9. The molecule has 3 saturated heterocycles. The number of carbonyl (C=O) groups is 6. The molecule has 8 amide bonds. The summed E-state index contributed by atoms with van der Waals surface area (Å²) < 4.78 is 0. The van der Waals surface area contributed by atoms with E-state index >= 15 is 0 Å². The van der Waals surface area contributed by atoms with E-state index in [0.717, 1.165) is 17.7 Å². The van der Waals surface area contributed by atoms with E-state index in [1.807, 2.05) is 0 Å². The van der Waals surface area contributed by atoms with Gasteiger partial charge in [-0.05, 0) is 70.3 Å². The van der Waals surface area contributed by atoms with Crippen LogP contribution in [0.15, 0.2) is 24.3 Å². The number of anilines is 2. The van der Waals surface area contributed by atoms with Crippen molar-refractivity contribution in [1.29, 1.82) is 0 Å². The van der Waals surface area contributed by atoms with Crippen molar-refractivity contribution in [2.75, 3.05) is 57.1 Å². The quantitative estimate of drug-likeness (QED) is 0.185. The minimum absolute atomic E-state index is 0.0510. The topological polar surface area (TPSA) is 210 Å². The fraction of sp³-hybridized carbons (Fsp3) is 0.600. The van der Waals surface area contributed by atoms with Gasteiger partial charge in [0.05, 0.1) is 12.6 Å². The fourth-order valence-corrected chi connectivity index (χ4v) is 6.01. The maximum atomic E-state index is 13.6. The maximum Gasteiger partial charge on any atom is 0.323 e. The Kier molecular flexibility index (Phi) is 11.8. The van der Waals surface area contributed by atoms with E-state index < -0.39 is 54.6 Å². The first kappa shape index (κ1) is 34.4. The highest BCUT2D eigenvalue weighted by molar-refractivity contribution is 5.95. The van der Waals surface area contributed by atoms with Gasteiger partial charge < -0.3 is 51.7 Å². The third kappa shape index (κ3) is 8.42. The number of likely N-dealkylation sites (tertiary alicyclic amines) is 1. The largest absolute Gasteiger partial charge is 0.376 e. The number of benzene rings is 1. The molecule has 16 nitrogen and oxygen atoms in total. The van der Waals surface area contributed by atoms with Crippen molar-refractivity contribution in [3.05, 3.63) is 24.3 Å². The standard InChI is InChI=1S/C30H45N9O7/c1-19(32-2)27(43)35-23-17-37(15-11-22-9-10-24(26(31)42)39(22)28(23)44)29(45)33-20-5-7-21(8-6-20)34-30(46)38(18-40)16-12-25(41)36-13-3-4-14-36/h5-8,19,22-24,32,40H,3-4,9-18H2,1-2H3,(H2,31,42)(H,33,45)(H,34,46)(H,35,43)/t19-,22+,23-,24-/m0/s1. The molecule has 1 aromatic rings. The minimum Gasteiger partial charge on any atom is -0.376 e. The van der Waals surface area contributed by atoms with E-state index in [4.69, 9.17) is 5.73 Å². The fourth-order valence-electron chi connectivity index (χ4n) is 6.01. The molecule has 0 unspecified atom stereocenters. The zero-order valence-corrected chi connectivity index (χ0v) is 26.4. The number of hydrogen-bond acceptors (Lipinski definition) is 8. The average molecular weight is 644 g/mol. The molecule has 0 bridgehead atoms. The summed E-state index contributed by atoms with van der Waals surface area (Å²) in [5.41, 5.74) is 6.42. The first-order chi connectivity index (χ1) is 22.0. The second-order valence-electron chi connectivity index (χ2n) is 11.9. The van der Waals surface area contributed by atoms with Crippen molar-refractivity contribution in [2.45, 2.75) is 69.6 Å². The van der Waals surface area contributed by atoms with Crippen molar-refractivity contribution >= 4 is 47.1 Å². The van der Waals surface area contributed by atoms with Crippen LogP contribution in [-0.4, -0.2) is 131 Å². The number of aliphatic hydroxyl groups excluding tert-OH is 1. The minimum atomic E-state index is -1.09. The third-order valence-electron chi connectivity index (χ3n) is 8.85. The van der Waals surface area contributed by atoms with Crippen LogP contribution in [0.1, 0.15) is 45.4 Å². The van der Waals surface area contributed by atoms with Gasteiger partial charge in [0, 0.05) is 50.0 Å². The number of carbonyl (C=O) groups excluding carboxylic acids is 6. The van der Waals surface area contributed by atoms with Crippen LogP contribution in [0, 0.1) is 0 Å². The summed E-state index contributed by atoms with van der Waals surface area (Å²) >= 11 is 0. The summed E-state index contributed by atoms with van der Waals surface area (Å²) in [5, 5.41) is 20.7. The zero-order valence-electron chi connectivity index (χ0n) is 26.4. The molecule has 0 saturated carbocycles. The van der Waals surface area contributed by atoms with E-state index in [9.17, 15) is 33.9 Å². The van der Waals surface area contributed by atoms with Gasteiger partial charge in [-0.2, -0.15) is 0 Å². The molecule has 3 heterocycles. The van der Waals surface area contributed by atoms with Gasteiger partial charge in [-0.3, -0.25) is 19.2 Å². The number of rotatable bonds is 10. The second kappa shape index (κ2) is 15.7. The number of primary amides is 1. The van der Waals surface area contributed by atoms with Crippen molar-refractivity contribution in [1.82, 2.24) is 30.2 Å². The van der Waals surface area contributed by atoms with E-state index in [1.54, 1.807) is 43.1 Å². The smallest absolute Gasteiger partial charge is 0.323 e. The van der Waals surface area contributed by atoms with Gasteiger partial charge in [-0.25, -0.2) is 9.59 Å². The number of nitrogens with two attached hydrogens (primary N) is 1. The van der Waals surface area contributed by atoms with Crippen molar-refractivity contribution < 1.29 is 33.9 Å².